The van der Waals surface area contributed by atoms with Crippen LogP contribution in [0.4, 0.5) is 5.69 Å². The third-order valence-electron chi connectivity index (χ3n) is 2.56. The molecule has 1 aromatic rings. The molecular formula is C10H13ClN2O3S. The van der Waals surface area contributed by atoms with E-state index in [1.807, 2.05) is 0 Å². The highest BCUT2D eigenvalue weighted by Gasteiger charge is 2.27. The van der Waals surface area contributed by atoms with Crippen molar-refractivity contribution in [2.75, 3.05) is 32.0 Å². The number of halogens is 1. The Balaban J connectivity index is 2.37. The van der Waals surface area contributed by atoms with Crippen LogP contribution in [0.25, 0.3) is 0 Å². The number of benzene rings is 1. The average Bonchev–Trinajstić information content (AvgIpc) is 2.29. The minimum atomic E-state index is -3.54. The number of hydrogen-bond donors (Lipinski definition) is 1. The lowest BCUT2D eigenvalue weighted by molar-refractivity contribution is 0.0730. The molecule has 1 saturated heterocycles. The Bertz CT molecular complexity index is 512. The Morgan fingerprint density at radius 1 is 1.29 bits per heavy atom. The predicted molar refractivity (Wildman–Crippen MR) is 65.4 cm³/mol. The number of nitrogens with zero attached hydrogens (tertiary/aromatic N) is 1. The quantitative estimate of drug-likeness (QED) is 0.816. The molecular weight excluding hydrogens is 264 g/mol. The van der Waals surface area contributed by atoms with Gasteiger partial charge in [0.1, 0.15) is 4.90 Å². The van der Waals surface area contributed by atoms with Gasteiger partial charge in [0.25, 0.3) is 0 Å². The fourth-order valence-corrected chi connectivity index (χ4v) is 3.37. The summed E-state index contributed by atoms with van der Waals surface area (Å²) in [5, 5.41) is 0.420. The number of ether oxygens (including phenoxy) is 1. The molecule has 1 fully saturated rings. The van der Waals surface area contributed by atoms with Crippen LogP contribution < -0.4 is 5.73 Å². The summed E-state index contributed by atoms with van der Waals surface area (Å²) in [7, 11) is -3.54. The van der Waals surface area contributed by atoms with Crippen LogP contribution in [0.1, 0.15) is 0 Å². The predicted octanol–water partition coefficient (Wildman–Crippen LogP) is 0.943. The molecule has 1 aromatic carbocycles. The highest BCUT2D eigenvalue weighted by molar-refractivity contribution is 7.89. The molecule has 1 aliphatic heterocycles. The van der Waals surface area contributed by atoms with Crippen LogP contribution in [0.3, 0.4) is 0 Å². The van der Waals surface area contributed by atoms with Gasteiger partial charge in [-0.15, -0.1) is 0 Å². The maximum Gasteiger partial charge on any atom is 0.245 e. The molecule has 0 bridgehead atoms. The first kappa shape index (κ1) is 12.6. The highest BCUT2D eigenvalue weighted by atomic mass is 35.5. The van der Waals surface area contributed by atoms with E-state index in [0.717, 1.165) is 0 Å². The van der Waals surface area contributed by atoms with E-state index in [1.165, 1.54) is 22.5 Å². The molecule has 0 amide bonds. The molecule has 1 heterocycles. The second-order valence-corrected chi connectivity index (χ2v) is 6.04. The molecule has 0 aliphatic carbocycles. The standard InChI is InChI=1S/C10H13ClN2O3S/c11-8-1-2-10(9(12)7-8)17(14,15)13-3-5-16-6-4-13/h1-2,7H,3-6,12H2. The van der Waals surface area contributed by atoms with Crippen LogP contribution in [0, 0.1) is 0 Å². The van der Waals surface area contributed by atoms with Crippen LogP contribution in [0.2, 0.25) is 5.02 Å². The van der Waals surface area contributed by atoms with Crippen molar-refractivity contribution in [2.45, 2.75) is 4.90 Å². The Morgan fingerprint density at radius 2 is 1.94 bits per heavy atom. The van der Waals surface area contributed by atoms with Crippen molar-refractivity contribution in [2.24, 2.45) is 0 Å². The third-order valence-corrected chi connectivity index (χ3v) is 4.77. The SMILES string of the molecule is Nc1cc(Cl)ccc1S(=O)(=O)N1CCOCC1. The molecule has 0 atom stereocenters. The zero-order chi connectivity index (χ0) is 12.5. The maximum absolute atomic E-state index is 12.3. The molecule has 17 heavy (non-hydrogen) atoms. The molecule has 1 aliphatic rings. The number of sulfonamides is 1. The Kier molecular flexibility index (Phi) is 3.58. The van der Waals surface area contributed by atoms with E-state index in [-0.39, 0.29) is 10.6 Å². The number of nitrogens with two attached hydrogens (primary N) is 1. The zero-order valence-corrected chi connectivity index (χ0v) is 10.7. The smallest absolute Gasteiger partial charge is 0.245 e. The first-order valence-electron chi connectivity index (χ1n) is 5.15. The first-order chi connectivity index (χ1) is 8.01. The average molecular weight is 277 g/mol. The van der Waals surface area contributed by atoms with Gasteiger partial charge >= 0.3 is 0 Å². The summed E-state index contributed by atoms with van der Waals surface area (Å²) in [6, 6.07) is 4.39. The van der Waals surface area contributed by atoms with Crippen LogP contribution in [-0.2, 0) is 14.8 Å². The van der Waals surface area contributed by atoms with Crippen molar-refractivity contribution < 1.29 is 13.2 Å². The van der Waals surface area contributed by atoms with Gasteiger partial charge in [-0.3, -0.25) is 0 Å². The minimum Gasteiger partial charge on any atom is -0.398 e. The molecule has 0 aromatic heterocycles. The van der Waals surface area contributed by atoms with Gasteiger partial charge in [-0.2, -0.15) is 4.31 Å². The number of morpholine rings is 1. The summed E-state index contributed by atoms with van der Waals surface area (Å²) >= 11 is 5.74. The number of hydrogen-bond acceptors (Lipinski definition) is 4. The van der Waals surface area contributed by atoms with Crippen molar-refractivity contribution in [3.05, 3.63) is 23.2 Å². The van der Waals surface area contributed by atoms with Crippen molar-refractivity contribution in [3.8, 4) is 0 Å². The number of anilines is 1. The second-order valence-electron chi connectivity index (χ2n) is 3.70. The zero-order valence-electron chi connectivity index (χ0n) is 9.10. The minimum absolute atomic E-state index is 0.101. The van der Waals surface area contributed by atoms with Gasteiger partial charge < -0.3 is 10.5 Å². The van der Waals surface area contributed by atoms with Gasteiger partial charge in [-0.05, 0) is 18.2 Å². The van der Waals surface area contributed by atoms with E-state index in [0.29, 0.717) is 31.3 Å². The molecule has 0 radical (unpaired) electrons. The fourth-order valence-electron chi connectivity index (χ4n) is 1.68. The van der Waals surface area contributed by atoms with Gasteiger partial charge in [0.15, 0.2) is 0 Å². The summed E-state index contributed by atoms with van der Waals surface area (Å²) in [6.45, 7) is 1.52. The maximum atomic E-state index is 12.3. The number of nitrogen functional groups attached to an aromatic ring is 1. The second kappa shape index (κ2) is 4.81. The molecule has 0 unspecified atom stereocenters. The highest BCUT2D eigenvalue weighted by Crippen LogP contribution is 2.25. The molecule has 7 heteroatoms. The first-order valence-corrected chi connectivity index (χ1v) is 6.96. The lowest BCUT2D eigenvalue weighted by Crippen LogP contribution is -2.40. The van der Waals surface area contributed by atoms with E-state index in [4.69, 9.17) is 22.1 Å². The Labute approximate surface area is 105 Å². The summed E-state index contributed by atoms with van der Waals surface area (Å²) in [6.07, 6.45) is 0. The van der Waals surface area contributed by atoms with Crippen LogP contribution >= 0.6 is 11.6 Å². The van der Waals surface area contributed by atoms with Crippen LogP contribution in [0.5, 0.6) is 0 Å². The van der Waals surface area contributed by atoms with Gasteiger partial charge in [-0.1, -0.05) is 11.6 Å². The largest absolute Gasteiger partial charge is 0.398 e. The summed E-state index contributed by atoms with van der Waals surface area (Å²) < 4.78 is 31.0. The fraction of sp³-hybridized carbons (Fsp3) is 0.400. The summed E-state index contributed by atoms with van der Waals surface area (Å²) in [4.78, 5) is 0.101. The molecule has 0 spiro atoms. The monoisotopic (exact) mass is 276 g/mol. The van der Waals surface area contributed by atoms with Gasteiger partial charge in [0.2, 0.25) is 10.0 Å². The molecule has 2 rings (SSSR count). The summed E-state index contributed by atoms with van der Waals surface area (Å²) in [5.41, 5.74) is 5.86. The lowest BCUT2D eigenvalue weighted by Gasteiger charge is -2.26. The molecule has 2 N–H and O–H groups in total. The normalized spacial score (nSPS) is 18.2. The Hall–Kier alpha value is -0.820. The Morgan fingerprint density at radius 3 is 2.53 bits per heavy atom. The van der Waals surface area contributed by atoms with Crippen molar-refractivity contribution in [1.29, 1.82) is 0 Å². The van der Waals surface area contributed by atoms with E-state index >= 15 is 0 Å². The van der Waals surface area contributed by atoms with Gasteiger partial charge in [0, 0.05) is 18.1 Å². The number of rotatable bonds is 2. The third kappa shape index (κ3) is 2.55. The lowest BCUT2D eigenvalue weighted by atomic mass is 10.3. The van der Waals surface area contributed by atoms with Gasteiger partial charge in [0.05, 0.1) is 18.9 Å². The molecule has 0 saturated carbocycles. The van der Waals surface area contributed by atoms with Crippen LogP contribution in [0.15, 0.2) is 23.1 Å². The van der Waals surface area contributed by atoms with E-state index in [1.54, 1.807) is 0 Å². The topological polar surface area (TPSA) is 72.6 Å². The van der Waals surface area contributed by atoms with Crippen molar-refractivity contribution in [1.82, 2.24) is 4.31 Å². The van der Waals surface area contributed by atoms with Gasteiger partial charge in [-0.25, -0.2) is 8.42 Å². The van der Waals surface area contributed by atoms with Crippen molar-refractivity contribution >= 4 is 27.3 Å². The molecule has 94 valence electrons. The summed E-state index contributed by atoms with van der Waals surface area (Å²) in [5.74, 6) is 0. The molecule has 5 nitrogen and oxygen atoms in total. The van der Waals surface area contributed by atoms with Crippen molar-refractivity contribution in [3.63, 3.8) is 0 Å². The van der Waals surface area contributed by atoms with E-state index in [2.05, 4.69) is 0 Å². The van der Waals surface area contributed by atoms with Crippen LogP contribution in [-0.4, -0.2) is 39.0 Å². The van der Waals surface area contributed by atoms with E-state index < -0.39 is 10.0 Å². The van der Waals surface area contributed by atoms with E-state index in [9.17, 15) is 8.42 Å².